The van der Waals surface area contributed by atoms with Gasteiger partial charge in [-0.15, -0.1) is 12.4 Å². The highest BCUT2D eigenvalue weighted by atomic mass is 35.5. The van der Waals surface area contributed by atoms with Crippen LogP contribution in [0.3, 0.4) is 0 Å². The summed E-state index contributed by atoms with van der Waals surface area (Å²) in [7, 11) is -2.65. The Balaban J connectivity index is 0.00000261. The highest BCUT2D eigenvalue weighted by Crippen LogP contribution is 2.33. The molecular weight excluding hydrogens is 398 g/mol. The lowest BCUT2D eigenvalue weighted by Crippen LogP contribution is -2.48. The lowest BCUT2D eigenvalue weighted by Gasteiger charge is -2.35. The number of halogens is 3. The van der Waals surface area contributed by atoms with Crippen LogP contribution >= 0.6 is 12.4 Å². The molecule has 2 aromatic carbocycles. The number of nitrogens with zero attached hydrogens (tertiary/aromatic N) is 1. The normalized spacial score (nSPS) is 18.0. The molecule has 0 amide bonds. The molecule has 27 heavy (non-hydrogen) atoms. The fourth-order valence-electron chi connectivity index (χ4n) is 3.18. The van der Waals surface area contributed by atoms with E-state index in [1.54, 1.807) is 12.1 Å². The molecular formula is C18H21ClF2N2O3S. The van der Waals surface area contributed by atoms with Crippen LogP contribution in [0.2, 0.25) is 0 Å². The van der Waals surface area contributed by atoms with Gasteiger partial charge in [0.2, 0.25) is 10.0 Å². The van der Waals surface area contributed by atoms with E-state index in [2.05, 4.69) is 5.32 Å². The van der Waals surface area contributed by atoms with E-state index in [1.807, 2.05) is 0 Å². The third-order valence-corrected chi connectivity index (χ3v) is 6.59. The van der Waals surface area contributed by atoms with Gasteiger partial charge >= 0.3 is 0 Å². The summed E-state index contributed by atoms with van der Waals surface area (Å²) in [6, 6.07) is 7.93. The van der Waals surface area contributed by atoms with Gasteiger partial charge in [-0.25, -0.2) is 17.2 Å². The topological polar surface area (TPSA) is 58.6 Å². The van der Waals surface area contributed by atoms with E-state index in [0.717, 1.165) is 0 Å². The van der Waals surface area contributed by atoms with E-state index in [-0.39, 0.29) is 35.2 Å². The Morgan fingerprint density at radius 2 is 1.96 bits per heavy atom. The van der Waals surface area contributed by atoms with Crippen LogP contribution < -0.4 is 10.1 Å². The fourth-order valence-corrected chi connectivity index (χ4v) is 5.01. The molecule has 9 heteroatoms. The number of ether oxygens (including phenoxy) is 1. The number of sulfonamides is 1. The monoisotopic (exact) mass is 418 g/mol. The fraction of sp³-hybridized carbons (Fsp3) is 0.333. The van der Waals surface area contributed by atoms with E-state index in [4.69, 9.17) is 4.74 Å². The van der Waals surface area contributed by atoms with Crippen LogP contribution in [0.5, 0.6) is 5.75 Å². The zero-order chi connectivity index (χ0) is 18.9. The molecule has 1 aliphatic rings. The van der Waals surface area contributed by atoms with Gasteiger partial charge in [0.05, 0.1) is 18.0 Å². The summed E-state index contributed by atoms with van der Waals surface area (Å²) in [6.07, 6.45) is 0. The first-order valence-electron chi connectivity index (χ1n) is 8.17. The molecule has 1 aliphatic heterocycles. The molecule has 1 saturated heterocycles. The lowest BCUT2D eigenvalue weighted by molar-refractivity contribution is 0.270. The maximum Gasteiger partial charge on any atom is 0.244 e. The molecule has 0 aromatic heterocycles. The van der Waals surface area contributed by atoms with Crippen molar-refractivity contribution < 1.29 is 21.9 Å². The first kappa shape index (κ1) is 21.6. The summed E-state index contributed by atoms with van der Waals surface area (Å²) in [5.74, 6) is -1.15. The van der Waals surface area contributed by atoms with Gasteiger partial charge in [-0.05, 0) is 36.8 Å². The van der Waals surface area contributed by atoms with Crippen LogP contribution in [0.1, 0.15) is 17.2 Å². The minimum absolute atomic E-state index is 0. The largest absolute Gasteiger partial charge is 0.494 e. The van der Waals surface area contributed by atoms with Crippen molar-refractivity contribution in [1.82, 2.24) is 9.62 Å². The van der Waals surface area contributed by atoms with Crippen molar-refractivity contribution in [1.29, 1.82) is 0 Å². The molecule has 0 spiro atoms. The summed E-state index contributed by atoms with van der Waals surface area (Å²) >= 11 is 0. The number of rotatable bonds is 4. The van der Waals surface area contributed by atoms with E-state index < -0.39 is 27.7 Å². The van der Waals surface area contributed by atoms with Crippen LogP contribution in [-0.4, -0.2) is 39.5 Å². The third kappa shape index (κ3) is 4.08. The maximum absolute atomic E-state index is 14.4. The molecule has 2 aromatic rings. The Morgan fingerprint density at radius 1 is 1.22 bits per heavy atom. The van der Waals surface area contributed by atoms with Crippen LogP contribution in [0.4, 0.5) is 8.78 Å². The minimum Gasteiger partial charge on any atom is -0.494 e. The first-order valence-corrected chi connectivity index (χ1v) is 9.61. The molecule has 1 N–H and O–H groups in total. The van der Waals surface area contributed by atoms with Crippen LogP contribution in [-0.2, 0) is 10.0 Å². The number of nitrogens with one attached hydrogen (secondary N) is 1. The second-order valence-electron chi connectivity index (χ2n) is 6.10. The first-order chi connectivity index (χ1) is 12.4. The number of hydrogen-bond donors (Lipinski definition) is 1. The molecule has 5 nitrogen and oxygen atoms in total. The standard InChI is InChI=1S/C18H20F2N2O3S.ClH/c1-12-17(7-6-16(25-2)18(12)20)26(23,24)22-9-8-21-11-15(22)13-4-3-5-14(19)10-13;/h3-7,10,15,21H,8-9,11H2,1-2H3;1H. The van der Waals surface area contributed by atoms with Crippen molar-refractivity contribution in [3.63, 3.8) is 0 Å². The van der Waals surface area contributed by atoms with Crippen molar-refractivity contribution in [2.45, 2.75) is 17.9 Å². The average Bonchev–Trinajstić information content (AvgIpc) is 2.63. The van der Waals surface area contributed by atoms with Crippen molar-refractivity contribution in [3.8, 4) is 5.75 Å². The Kier molecular flexibility index (Phi) is 6.80. The highest BCUT2D eigenvalue weighted by Gasteiger charge is 2.36. The molecule has 0 aliphatic carbocycles. The molecule has 0 radical (unpaired) electrons. The van der Waals surface area contributed by atoms with Gasteiger partial charge < -0.3 is 10.1 Å². The molecule has 3 rings (SSSR count). The van der Waals surface area contributed by atoms with Crippen molar-refractivity contribution in [2.75, 3.05) is 26.7 Å². The Labute approximate surface area is 163 Å². The maximum atomic E-state index is 14.4. The Morgan fingerprint density at radius 3 is 2.63 bits per heavy atom. The van der Waals surface area contributed by atoms with Gasteiger partial charge in [-0.1, -0.05) is 12.1 Å². The molecule has 148 valence electrons. The molecule has 1 fully saturated rings. The molecule has 0 bridgehead atoms. The van der Waals surface area contributed by atoms with Gasteiger partial charge in [-0.2, -0.15) is 4.31 Å². The Bertz CT molecular complexity index is 925. The second kappa shape index (κ2) is 8.52. The SMILES string of the molecule is COc1ccc(S(=O)(=O)N2CCNCC2c2cccc(F)c2)c(C)c1F.Cl. The molecule has 0 saturated carbocycles. The van der Waals surface area contributed by atoms with Crippen molar-refractivity contribution in [2.24, 2.45) is 0 Å². The zero-order valence-electron chi connectivity index (χ0n) is 14.9. The zero-order valence-corrected chi connectivity index (χ0v) is 16.5. The smallest absolute Gasteiger partial charge is 0.244 e. The highest BCUT2D eigenvalue weighted by molar-refractivity contribution is 7.89. The van der Waals surface area contributed by atoms with Gasteiger partial charge in [-0.3, -0.25) is 0 Å². The van der Waals surface area contributed by atoms with E-state index in [9.17, 15) is 17.2 Å². The summed E-state index contributed by atoms with van der Waals surface area (Å²) in [6.45, 7) is 2.42. The Hall–Kier alpha value is -1.74. The number of hydrogen-bond acceptors (Lipinski definition) is 4. The summed E-state index contributed by atoms with van der Waals surface area (Å²) < 4.78 is 60.6. The average molecular weight is 419 g/mol. The number of benzene rings is 2. The second-order valence-corrected chi connectivity index (χ2v) is 7.95. The van der Waals surface area contributed by atoms with Gasteiger partial charge in [0, 0.05) is 25.2 Å². The molecule has 1 atom stereocenters. The van der Waals surface area contributed by atoms with Gasteiger partial charge in [0.1, 0.15) is 5.82 Å². The summed E-state index contributed by atoms with van der Waals surface area (Å²) in [5.41, 5.74) is 0.549. The predicted molar refractivity (Wildman–Crippen MR) is 101 cm³/mol. The summed E-state index contributed by atoms with van der Waals surface area (Å²) in [5, 5.41) is 3.13. The third-order valence-electron chi connectivity index (χ3n) is 4.54. The van der Waals surface area contributed by atoms with Crippen LogP contribution in [0.15, 0.2) is 41.3 Å². The number of methoxy groups -OCH3 is 1. The van der Waals surface area contributed by atoms with Gasteiger partial charge in [0.25, 0.3) is 0 Å². The van der Waals surface area contributed by atoms with E-state index in [1.165, 1.54) is 42.6 Å². The van der Waals surface area contributed by atoms with Crippen LogP contribution in [0.25, 0.3) is 0 Å². The predicted octanol–water partition coefficient (Wildman–Crippen LogP) is 3.04. The lowest BCUT2D eigenvalue weighted by atomic mass is 10.1. The molecule has 1 heterocycles. The molecule has 1 unspecified atom stereocenters. The number of piperazine rings is 1. The van der Waals surface area contributed by atoms with Crippen LogP contribution in [0, 0.1) is 18.6 Å². The van der Waals surface area contributed by atoms with Crippen molar-refractivity contribution in [3.05, 3.63) is 59.2 Å². The van der Waals surface area contributed by atoms with E-state index >= 15 is 0 Å². The van der Waals surface area contributed by atoms with Gasteiger partial charge in [0.15, 0.2) is 11.6 Å². The minimum atomic E-state index is -3.98. The summed E-state index contributed by atoms with van der Waals surface area (Å²) in [4.78, 5) is -0.112. The van der Waals surface area contributed by atoms with E-state index in [0.29, 0.717) is 18.7 Å². The quantitative estimate of drug-likeness (QED) is 0.829. The van der Waals surface area contributed by atoms with Crippen molar-refractivity contribution >= 4 is 22.4 Å².